The maximum Gasteiger partial charge on any atom is 0.327 e. The molecule has 0 saturated carbocycles. The van der Waals surface area contributed by atoms with Gasteiger partial charge in [0.25, 0.3) is 0 Å². The molecular weight excluding hydrogens is 975 g/mol. The largest absolute Gasteiger partial charge is 0.480 e. The first-order chi connectivity index (χ1) is 32.9. The summed E-state index contributed by atoms with van der Waals surface area (Å²) < 4.78 is 0. The number of hydrogen-bond acceptors (Lipinski definition) is 16. The van der Waals surface area contributed by atoms with E-state index in [0.29, 0.717) is 12.2 Å². The monoisotopic (exact) mass is 1050 g/mol. The molecular formula is C41H77N15O11S3. The number of nitrogens with zero attached hydrogens (tertiary/aromatic N) is 2. The summed E-state index contributed by atoms with van der Waals surface area (Å²) in [5.74, 6) is -8.76. The number of aliphatic imine (C=N–C) groups is 2. The number of aliphatic carboxylic acids is 1. The van der Waals surface area contributed by atoms with Crippen LogP contribution in [0.4, 0.5) is 0 Å². The molecule has 0 saturated heterocycles. The van der Waals surface area contributed by atoms with Crippen molar-refractivity contribution in [2.24, 2.45) is 50.5 Å². The number of guanidine groups is 2. The number of aliphatic hydroxyl groups is 1. The second kappa shape index (κ2) is 34.9. The summed E-state index contributed by atoms with van der Waals surface area (Å²) in [6, 6.07) is -11.6. The van der Waals surface area contributed by atoms with Gasteiger partial charge in [-0.05, 0) is 69.3 Å². The van der Waals surface area contributed by atoms with E-state index in [9.17, 15) is 53.4 Å². The number of aliphatic hydroxyl groups excluding tert-OH is 1. The number of nitrogens with two attached hydrogens (primary N) is 5. The lowest BCUT2D eigenvalue weighted by molar-refractivity contribution is -0.141. The minimum Gasteiger partial charge on any atom is -0.480 e. The third-order valence-corrected chi connectivity index (χ3v) is 11.8. The van der Waals surface area contributed by atoms with E-state index in [-0.39, 0.29) is 81.0 Å². The molecule has 8 amide bonds. The van der Waals surface area contributed by atoms with E-state index in [4.69, 9.17) is 28.7 Å². The Balaban J connectivity index is 6.73. The Kier molecular flexibility index (Phi) is 32.3. The molecule has 70 heavy (non-hydrogen) atoms. The zero-order valence-electron chi connectivity index (χ0n) is 40.7. The molecule has 0 aliphatic carbocycles. The first-order valence-electron chi connectivity index (χ1n) is 22.7. The lowest BCUT2D eigenvalue weighted by Gasteiger charge is -2.30. The molecule has 0 aromatic rings. The number of thioether (sulfide) groups is 1. The fraction of sp³-hybridized carbons (Fsp3) is 0.732. The van der Waals surface area contributed by atoms with Gasteiger partial charge < -0.3 is 81.4 Å². The molecule has 0 bridgehead atoms. The lowest BCUT2D eigenvalue weighted by atomic mass is 9.96. The standard InChI is InChI=1S/C41H77N15O11S3/c1-7-21(4)30(56-36(63)27(16-20(2)3)53-32(59)23(42)18-68)38(65)52-25(11-9-14-48-41(45)46)33(60)51-26(12-15-70-6)35(62)50-24(10-8-13-47-40(43)44)34(61)54-28(17-57)37(64)49-22(5)31(58)55-29(19-69)39(66)67/h20-30,57,68-69H,7-19,42H2,1-6H3,(H,49,64)(H,50,62)(H,51,60)(H,52,65)(H,53,59)(H,54,61)(H,55,58)(H,56,63)(H,66,67)(H4,43,44,47)(H4,45,46,48)/t21-,22-,23-,24-,25-,26-,27-,28-,29-,30-/m0/s1. The number of carboxylic acids is 1. The van der Waals surface area contributed by atoms with Crippen molar-refractivity contribution < 1.29 is 53.4 Å². The molecule has 0 radical (unpaired) electrons. The van der Waals surface area contributed by atoms with Crippen molar-refractivity contribution in [3.63, 3.8) is 0 Å². The first-order valence-corrected chi connectivity index (χ1v) is 25.4. The van der Waals surface area contributed by atoms with Gasteiger partial charge >= 0.3 is 5.97 Å². The van der Waals surface area contributed by atoms with Gasteiger partial charge in [0.1, 0.15) is 48.3 Å². The number of nitrogens with one attached hydrogen (secondary N) is 8. The van der Waals surface area contributed by atoms with Gasteiger partial charge in [-0.15, -0.1) is 0 Å². The summed E-state index contributed by atoms with van der Waals surface area (Å²) in [5.41, 5.74) is 27.8. The SMILES string of the molecule is CC[C@H](C)[C@H](NC(=O)[C@H](CC(C)C)NC(=O)[C@@H](N)CS)C(=O)N[C@@H](CCCN=C(N)N)C(=O)N[C@@H](CCSC)C(=O)N[C@@H](CCCN=C(N)N)C(=O)N[C@@H](CO)C(=O)N[C@@H](C)C(=O)N[C@@H](CS)C(=O)O. The van der Waals surface area contributed by atoms with E-state index < -0.39 is 120 Å². The number of carbonyl (C=O) groups excluding carboxylic acids is 8. The van der Waals surface area contributed by atoms with Crippen molar-refractivity contribution in [3.8, 4) is 0 Å². The normalized spacial score (nSPS) is 15.3. The minimum absolute atomic E-state index is 0.0192. The zero-order chi connectivity index (χ0) is 53.7. The molecule has 0 aromatic heterocycles. The van der Waals surface area contributed by atoms with Crippen LogP contribution in [0.15, 0.2) is 9.98 Å². The highest BCUT2D eigenvalue weighted by molar-refractivity contribution is 7.98. The zero-order valence-corrected chi connectivity index (χ0v) is 43.3. The van der Waals surface area contributed by atoms with Gasteiger partial charge in [-0.3, -0.25) is 48.3 Å². The highest BCUT2D eigenvalue weighted by Gasteiger charge is 2.35. The van der Waals surface area contributed by atoms with Crippen LogP contribution >= 0.6 is 37.0 Å². The third-order valence-electron chi connectivity index (χ3n) is 10.4. The van der Waals surface area contributed by atoms with Crippen molar-refractivity contribution in [3.05, 3.63) is 0 Å². The summed E-state index contributed by atoms with van der Waals surface area (Å²) in [6.45, 7) is 7.58. The van der Waals surface area contributed by atoms with Gasteiger partial charge in [0, 0.05) is 24.6 Å². The maximum atomic E-state index is 14.2. The van der Waals surface area contributed by atoms with Gasteiger partial charge in [0.2, 0.25) is 47.3 Å². The molecule has 29 heteroatoms. The quantitative estimate of drug-likeness (QED) is 0.0122. The number of carboxylic acid groups (broad SMARTS) is 1. The van der Waals surface area contributed by atoms with Crippen LogP contribution in [0.1, 0.15) is 79.6 Å². The van der Waals surface area contributed by atoms with Gasteiger partial charge in [-0.25, -0.2) is 4.79 Å². The van der Waals surface area contributed by atoms with Crippen LogP contribution in [0.2, 0.25) is 0 Å². The second-order valence-corrected chi connectivity index (χ2v) is 18.5. The van der Waals surface area contributed by atoms with Crippen LogP contribution in [0, 0.1) is 11.8 Å². The summed E-state index contributed by atoms with van der Waals surface area (Å²) in [4.78, 5) is 128. The molecule has 0 aliphatic heterocycles. The van der Waals surface area contributed by atoms with Crippen LogP contribution in [-0.2, 0) is 43.2 Å². The Morgan fingerprint density at radius 1 is 0.571 bits per heavy atom. The Labute approximate surface area is 424 Å². The average molecular weight is 1050 g/mol. The van der Waals surface area contributed by atoms with Crippen LogP contribution in [0.3, 0.4) is 0 Å². The van der Waals surface area contributed by atoms with Crippen molar-refractivity contribution in [2.75, 3.05) is 43.2 Å². The summed E-state index contributed by atoms with van der Waals surface area (Å²) >= 11 is 9.30. The highest BCUT2D eigenvalue weighted by Crippen LogP contribution is 2.13. The van der Waals surface area contributed by atoms with Crippen LogP contribution in [0.5, 0.6) is 0 Å². The molecule has 10 atom stereocenters. The van der Waals surface area contributed by atoms with E-state index in [1.54, 1.807) is 20.1 Å². The van der Waals surface area contributed by atoms with Crippen molar-refractivity contribution in [1.29, 1.82) is 0 Å². The van der Waals surface area contributed by atoms with Crippen molar-refractivity contribution >= 4 is 102 Å². The second-order valence-electron chi connectivity index (χ2n) is 16.8. The molecule has 0 spiro atoms. The highest BCUT2D eigenvalue weighted by atomic mass is 32.2. The molecule has 400 valence electrons. The predicted molar refractivity (Wildman–Crippen MR) is 273 cm³/mol. The third kappa shape index (κ3) is 25.6. The van der Waals surface area contributed by atoms with Crippen LogP contribution in [-0.4, -0.2) is 173 Å². The molecule has 0 heterocycles. The molecule has 0 fully saturated rings. The van der Waals surface area contributed by atoms with Gasteiger partial charge in [0.05, 0.1) is 12.6 Å². The number of carbonyl (C=O) groups is 9. The van der Waals surface area contributed by atoms with E-state index in [2.05, 4.69) is 77.8 Å². The van der Waals surface area contributed by atoms with E-state index >= 15 is 0 Å². The van der Waals surface area contributed by atoms with Gasteiger partial charge in [-0.1, -0.05) is 34.1 Å². The number of amides is 8. The maximum absolute atomic E-state index is 14.2. The van der Waals surface area contributed by atoms with Crippen molar-refractivity contribution in [2.45, 2.75) is 134 Å². The summed E-state index contributed by atoms with van der Waals surface area (Å²) in [5, 5.41) is 39.5. The number of rotatable bonds is 35. The number of hydrogen-bond donors (Lipinski definition) is 17. The van der Waals surface area contributed by atoms with Crippen molar-refractivity contribution in [1.82, 2.24) is 42.5 Å². The van der Waals surface area contributed by atoms with E-state index in [0.717, 1.165) is 0 Å². The van der Waals surface area contributed by atoms with E-state index in [1.807, 2.05) is 13.8 Å². The van der Waals surface area contributed by atoms with Crippen LogP contribution < -0.4 is 71.2 Å². The predicted octanol–water partition coefficient (Wildman–Crippen LogP) is -4.90. The molecule has 20 N–H and O–H groups in total. The summed E-state index contributed by atoms with van der Waals surface area (Å²) in [7, 11) is 0. The molecule has 0 aliphatic rings. The summed E-state index contributed by atoms with van der Waals surface area (Å²) in [6.07, 6.45) is 2.54. The Morgan fingerprint density at radius 3 is 1.41 bits per heavy atom. The topological polar surface area (TPSA) is 445 Å². The minimum atomic E-state index is -1.66. The molecule has 0 rings (SSSR count). The Morgan fingerprint density at radius 2 is 1.00 bits per heavy atom. The molecule has 0 aromatic carbocycles. The average Bonchev–Trinajstić information content (AvgIpc) is 3.30. The molecule has 26 nitrogen and oxygen atoms in total. The van der Waals surface area contributed by atoms with Gasteiger partial charge in [-0.2, -0.15) is 37.0 Å². The fourth-order valence-corrected chi connectivity index (χ4v) is 7.09. The Hall–Kier alpha value is -5.26. The van der Waals surface area contributed by atoms with E-state index in [1.165, 1.54) is 18.7 Å². The fourth-order valence-electron chi connectivity index (χ4n) is 6.20. The smallest absolute Gasteiger partial charge is 0.327 e. The Bertz CT molecular complexity index is 1790. The number of thiol groups is 2. The van der Waals surface area contributed by atoms with Crippen LogP contribution in [0.25, 0.3) is 0 Å². The molecule has 0 unspecified atom stereocenters. The van der Waals surface area contributed by atoms with Gasteiger partial charge in [0.15, 0.2) is 11.9 Å². The lowest BCUT2D eigenvalue weighted by Crippen LogP contribution is -2.61. The first kappa shape index (κ1) is 64.7.